The number of ether oxygens (including phenoxy) is 1. The Bertz CT molecular complexity index is 801. The zero-order chi connectivity index (χ0) is 20.2. The summed E-state index contributed by atoms with van der Waals surface area (Å²) in [4.78, 5) is 15.7. The number of rotatable bonds is 3. The van der Waals surface area contributed by atoms with Crippen molar-refractivity contribution in [1.29, 1.82) is 0 Å². The van der Waals surface area contributed by atoms with E-state index in [0.29, 0.717) is 5.69 Å². The van der Waals surface area contributed by atoms with E-state index < -0.39 is 5.97 Å². The number of nitrogens with one attached hydrogen (secondary N) is 2. The van der Waals surface area contributed by atoms with Gasteiger partial charge in [0.05, 0.1) is 23.0 Å². The third kappa shape index (κ3) is 4.78. The van der Waals surface area contributed by atoms with Crippen molar-refractivity contribution in [2.45, 2.75) is 34.6 Å². The van der Waals surface area contributed by atoms with Gasteiger partial charge in [0.1, 0.15) is 5.69 Å². The first-order valence-electron chi connectivity index (χ1n) is 8.96. The highest BCUT2D eigenvalue weighted by Gasteiger charge is 2.26. The van der Waals surface area contributed by atoms with Gasteiger partial charge in [-0.2, -0.15) is 0 Å². The monoisotopic (exact) mass is 434 g/mol. The molecule has 0 spiro atoms. The second-order valence-corrected chi connectivity index (χ2v) is 7.92. The van der Waals surface area contributed by atoms with E-state index in [1.807, 2.05) is 26.0 Å². The van der Waals surface area contributed by atoms with Crippen LogP contribution in [0.15, 0.2) is 34.9 Å². The van der Waals surface area contributed by atoms with Crippen LogP contribution in [-0.4, -0.2) is 24.6 Å². The van der Waals surface area contributed by atoms with Gasteiger partial charge in [-0.25, -0.2) is 9.78 Å². The highest BCUT2D eigenvalue weighted by atomic mass is 79.9. The van der Waals surface area contributed by atoms with Crippen LogP contribution in [0.2, 0.25) is 0 Å². The normalized spacial score (nSPS) is 12.6. The summed E-state index contributed by atoms with van der Waals surface area (Å²) in [7, 11) is 1.34. The quantitative estimate of drug-likeness (QED) is 0.660. The second-order valence-electron chi connectivity index (χ2n) is 7.13. The van der Waals surface area contributed by atoms with Gasteiger partial charge in [0.25, 0.3) is 0 Å². The average Bonchev–Trinajstić information content (AvgIpc) is 3.05. The first-order valence-corrected chi connectivity index (χ1v) is 9.76. The summed E-state index contributed by atoms with van der Waals surface area (Å²) < 4.78 is 5.63. The molecule has 0 saturated carbocycles. The minimum Gasteiger partial charge on any atom is -0.464 e. The van der Waals surface area contributed by atoms with Gasteiger partial charge < -0.3 is 10.2 Å². The number of hydrogen-bond donors (Lipinski definition) is 2. The molecule has 2 N–H and O–H groups in total. The number of fused-ring (bicyclic) bond motifs is 1. The van der Waals surface area contributed by atoms with Crippen molar-refractivity contribution in [3.63, 3.8) is 0 Å². The standard InChI is InChI=1S/C18H21BrN4O2.C2H6/c1-18(2,3)10-23-14-8-6-12(15(19)16(14)21-22-23)11-5-7-13(20-9-11)17(24)25-4;1-2/h5-9,21-22H,10H2,1-4H3;1-2H3. The van der Waals surface area contributed by atoms with E-state index in [0.717, 1.165) is 33.5 Å². The number of anilines is 2. The maximum atomic E-state index is 11.5. The molecule has 0 radical (unpaired) electrons. The number of hydrogen-bond acceptors (Lipinski definition) is 6. The van der Waals surface area contributed by atoms with Crippen LogP contribution in [0.3, 0.4) is 0 Å². The topological polar surface area (TPSA) is 66.5 Å². The highest BCUT2D eigenvalue weighted by Crippen LogP contribution is 2.42. The van der Waals surface area contributed by atoms with Crippen LogP contribution in [-0.2, 0) is 4.74 Å². The Morgan fingerprint density at radius 2 is 1.93 bits per heavy atom. The molecule has 146 valence electrons. The van der Waals surface area contributed by atoms with Crippen LogP contribution in [0.4, 0.5) is 11.4 Å². The molecule has 0 bridgehead atoms. The van der Waals surface area contributed by atoms with Crippen molar-refractivity contribution in [3.8, 4) is 11.1 Å². The summed E-state index contributed by atoms with van der Waals surface area (Å²) in [5.41, 5.74) is 10.9. The van der Waals surface area contributed by atoms with Gasteiger partial charge in [0, 0.05) is 18.3 Å². The summed E-state index contributed by atoms with van der Waals surface area (Å²) in [6.07, 6.45) is 1.67. The van der Waals surface area contributed by atoms with E-state index in [1.165, 1.54) is 7.11 Å². The Morgan fingerprint density at radius 3 is 2.48 bits per heavy atom. The lowest BCUT2D eigenvalue weighted by molar-refractivity contribution is 0.0594. The van der Waals surface area contributed by atoms with E-state index in [9.17, 15) is 4.79 Å². The molecule has 0 unspecified atom stereocenters. The number of esters is 1. The van der Waals surface area contributed by atoms with Crippen LogP contribution in [0.1, 0.15) is 45.1 Å². The molecule has 0 amide bonds. The summed E-state index contributed by atoms with van der Waals surface area (Å²) in [6.45, 7) is 11.5. The first-order chi connectivity index (χ1) is 12.8. The number of carbonyl (C=O) groups excluding carboxylic acids is 1. The largest absolute Gasteiger partial charge is 0.464 e. The van der Waals surface area contributed by atoms with Crippen LogP contribution in [0, 0.1) is 5.41 Å². The van der Waals surface area contributed by atoms with Gasteiger partial charge in [-0.05, 0) is 39.0 Å². The molecule has 2 heterocycles. The third-order valence-corrected chi connectivity index (χ3v) is 4.65. The van der Waals surface area contributed by atoms with Crippen LogP contribution >= 0.6 is 15.9 Å². The van der Waals surface area contributed by atoms with Crippen molar-refractivity contribution >= 4 is 33.3 Å². The van der Waals surface area contributed by atoms with Gasteiger partial charge >= 0.3 is 5.97 Å². The van der Waals surface area contributed by atoms with E-state index in [2.05, 4.69) is 68.5 Å². The molecule has 1 aliphatic rings. The van der Waals surface area contributed by atoms with Gasteiger partial charge in [-0.3, -0.25) is 5.01 Å². The molecule has 0 aliphatic carbocycles. The van der Waals surface area contributed by atoms with E-state index in [4.69, 9.17) is 0 Å². The zero-order valence-electron chi connectivity index (χ0n) is 16.7. The summed E-state index contributed by atoms with van der Waals surface area (Å²) in [6, 6.07) is 7.64. The lowest BCUT2D eigenvalue weighted by Crippen LogP contribution is -2.41. The molecule has 1 aromatic carbocycles. The summed E-state index contributed by atoms with van der Waals surface area (Å²) in [5, 5.41) is 2.10. The van der Waals surface area contributed by atoms with Crippen molar-refractivity contribution in [1.82, 2.24) is 10.5 Å². The van der Waals surface area contributed by atoms with Gasteiger partial charge in [0.15, 0.2) is 0 Å². The Kier molecular flexibility index (Phi) is 6.84. The average molecular weight is 435 g/mol. The van der Waals surface area contributed by atoms with Crippen LogP contribution < -0.4 is 16.0 Å². The molecule has 2 aromatic rings. The number of pyridine rings is 1. The minimum atomic E-state index is -0.441. The molecule has 0 fully saturated rings. The number of nitrogens with zero attached hydrogens (tertiary/aromatic N) is 2. The number of aromatic nitrogens is 1. The van der Waals surface area contributed by atoms with E-state index >= 15 is 0 Å². The fourth-order valence-corrected chi connectivity index (χ4v) is 3.36. The van der Waals surface area contributed by atoms with Crippen molar-refractivity contribution < 1.29 is 9.53 Å². The maximum absolute atomic E-state index is 11.5. The van der Waals surface area contributed by atoms with Crippen LogP contribution in [0.5, 0.6) is 0 Å². The molecule has 0 atom stereocenters. The fraction of sp³-hybridized carbons (Fsp3) is 0.400. The molecular weight excluding hydrogens is 408 g/mol. The fourth-order valence-electron chi connectivity index (χ4n) is 2.69. The first kappa shape index (κ1) is 21.2. The number of halogens is 1. The molecule has 0 saturated heterocycles. The number of carbonyl (C=O) groups is 1. The lowest BCUT2D eigenvalue weighted by Gasteiger charge is -2.27. The Hall–Kier alpha value is -2.12. The maximum Gasteiger partial charge on any atom is 0.356 e. The van der Waals surface area contributed by atoms with E-state index in [1.54, 1.807) is 12.3 Å². The Labute approximate surface area is 169 Å². The van der Waals surface area contributed by atoms with Crippen molar-refractivity contribution in [2.75, 3.05) is 24.1 Å². The number of methoxy groups -OCH3 is 1. The molecule has 1 aliphatic heterocycles. The SMILES string of the molecule is CC.COC(=O)c1ccc(-c2ccc3c(c2Br)NNN3CC(C)(C)C)cn1. The minimum absolute atomic E-state index is 0.162. The highest BCUT2D eigenvalue weighted by molar-refractivity contribution is 9.10. The number of hydrazine groups is 2. The number of benzene rings is 1. The second kappa shape index (κ2) is 8.71. The smallest absolute Gasteiger partial charge is 0.356 e. The zero-order valence-corrected chi connectivity index (χ0v) is 18.3. The van der Waals surface area contributed by atoms with Crippen molar-refractivity contribution in [3.05, 3.63) is 40.6 Å². The third-order valence-electron chi connectivity index (χ3n) is 3.83. The van der Waals surface area contributed by atoms with Gasteiger partial charge in [-0.1, -0.05) is 46.8 Å². The van der Waals surface area contributed by atoms with Crippen molar-refractivity contribution in [2.24, 2.45) is 5.41 Å². The van der Waals surface area contributed by atoms with Gasteiger partial charge in [0.2, 0.25) is 0 Å². The summed E-state index contributed by atoms with van der Waals surface area (Å²) >= 11 is 3.69. The molecule has 3 rings (SSSR count). The van der Waals surface area contributed by atoms with Gasteiger partial charge in [-0.15, -0.1) is 5.53 Å². The molecule has 27 heavy (non-hydrogen) atoms. The van der Waals surface area contributed by atoms with E-state index in [-0.39, 0.29) is 5.41 Å². The molecule has 7 heteroatoms. The predicted octanol–water partition coefficient (Wildman–Crippen LogP) is 5.02. The molecule has 1 aromatic heterocycles. The molecular formula is C20H27BrN4O2. The van der Waals surface area contributed by atoms with Crippen LogP contribution in [0.25, 0.3) is 11.1 Å². The Balaban J connectivity index is 0.00000126. The summed E-state index contributed by atoms with van der Waals surface area (Å²) in [5.74, 6) is -0.441. The lowest BCUT2D eigenvalue weighted by atomic mass is 9.96. The Morgan fingerprint density at radius 1 is 1.22 bits per heavy atom. The predicted molar refractivity (Wildman–Crippen MR) is 114 cm³/mol. The molecule has 6 nitrogen and oxygen atoms in total.